The Morgan fingerprint density at radius 3 is 2.71 bits per heavy atom. The van der Waals surface area contributed by atoms with Crippen LogP contribution in [0.3, 0.4) is 0 Å². The van der Waals surface area contributed by atoms with Crippen molar-refractivity contribution in [1.82, 2.24) is 5.32 Å². The summed E-state index contributed by atoms with van der Waals surface area (Å²) < 4.78 is 10.3. The first kappa shape index (κ1) is 17.3. The van der Waals surface area contributed by atoms with Crippen LogP contribution in [0.1, 0.15) is 19.8 Å². The first-order chi connectivity index (χ1) is 10.1. The van der Waals surface area contributed by atoms with Crippen LogP contribution in [0.5, 0.6) is 11.5 Å². The molecule has 0 aliphatic rings. The second kappa shape index (κ2) is 9.20. The molecule has 6 heteroatoms. The molecule has 1 atom stereocenters. The van der Waals surface area contributed by atoms with E-state index in [1.807, 2.05) is 6.92 Å². The topological polar surface area (TPSA) is 79.8 Å². The lowest BCUT2D eigenvalue weighted by atomic mass is 10.2. The summed E-state index contributed by atoms with van der Waals surface area (Å²) in [5.41, 5.74) is 0.617. The largest absolute Gasteiger partial charge is 0.497 e. The number of rotatable bonds is 9. The van der Waals surface area contributed by atoms with E-state index in [9.17, 15) is 4.79 Å². The van der Waals surface area contributed by atoms with E-state index in [2.05, 4.69) is 10.6 Å². The molecule has 3 N–H and O–H groups in total. The minimum absolute atomic E-state index is 0.0424. The highest BCUT2D eigenvalue weighted by atomic mass is 16.5. The van der Waals surface area contributed by atoms with Gasteiger partial charge in [-0.3, -0.25) is 4.79 Å². The first-order valence-corrected chi connectivity index (χ1v) is 6.96. The fraction of sp³-hybridized carbons (Fsp3) is 0.533. The van der Waals surface area contributed by atoms with Crippen LogP contribution in [0.15, 0.2) is 18.2 Å². The van der Waals surface area contributed by atoms with Gasteiger partial charge in [0.1, 0.15) is 11.5 Å². The van der Waals surface area contributed by atoms with Gasteiger partial charge in [0.25, 0.3) is 0 Å². The SMILES string of the molecule is COc1ccc(NC(=O)CC(C)NCCCO)c(OC)c1. The summed E-state index contributed by atoms with van der Waals surface area (Å²) in [6.07, 6.45) is 1.03. The molecule has 0 spiro atoms. The van der Waals surface area contributed by atoms with E-state index < -0.39 is 0 Å². The number of hydrogen-bond acceptors (Lipinski definition) is 5. The van der Waals surface area contributed by atoms with Crippen molar-refractivity contribution >= 4 is 11.6 Å². The average Bonchev–Trinajstić information content (AvgIpc) is 2.47. The van der Waals surface area contributed by atoms with Gasteiger partial charge in [-0.1, -0.05) is 0 Å². The van der Waals surface area contributed by atoms with Crippen molar-refractivity contribution in [3.8, 4) is 11.5 Å². The van der Waals surface area contributed by atoms with Gasteiger partial charge in [-0.2, -0.15) is 0 Å². The zero-order chi connectivity index (χ0) is 15.7. The van der Waals surface area contributed by atoms with Gasteiger partial charge in [-0.15, -0.1) is 0 Å². The summed E-state index contributed by atoms with van der Waals surface area (Å²) in [6.45, 7) is 2.77. The lowest BCUT2D eigenvalue weighted by molar-refractivity contribution is -0.116. The van der Waals surface area contributed by atoms with Gasteiger partial charge in [0.05, 0.1) is 19.9 Å². The second-order valence-corrected chi connectivity index (χ2v) is 4.75. The third-order valence-corrected chi connectivity index (χ3v) is 3.00. The lowest BCUT2D eigenvalue weighted by Crippen LogP contribution is -2.31. The van der Waals surface area contributed by atoms with Crippen LogP contribution in [0.25, 0.3) is 0 Å². The maximum absolute atomic E-state index is 12.0. The third-order valence-electron chi connectivity index (χ3n) is 3.00. The zero-order valence-electron chi connectivity index (χ0n) is 12.8. The van der Waals surface area contributed by atoms with Gasteiger partial charge in [0.15, 0.2) is 0 Å². The maximum atomic E-state index is 12.0. The van der Waals surface area contributed by atoms with E-state index in [4.69, 9.17) is 14.6 Å². The number of methoxy groups -OCH3 is 2. The number of aliphatic hydroxyl groups is 1. The van der Waals surface area contributed by atoms with Crippen molar-refractivity contribution in [1.29, 1.82) is 0 Å². The van der Waals surface area contributed by atoms with E-state index in [0.29, 0.717) is 36.6 Å². The molecule has 1 amide bonds. The Morgan fingerprint density at radius 1 is 1.33 bits per heavy atom. The predicted molar refractivity (Wildman–Crippen MR) is 82.0 cm³/mol. The molecule has 0 saturated carbocycles. The number of benzene rings is 1. The molecule has 0 saturated heterocycles. The molecule has 118 valence electrons. The zero-order valence-corrected chi connectivity index (χ0v) is 12.8. The molecule has 1 aromatic carbocycles. The molecule has 0 aliphatic carbocycles. The van der Waals surface area contributed by atoms with Crippen molar-refractivity contribution in [2.75, 3.05) is 32.7 Å². The molecule has 6 nitrogen and oxygen atoms in total. The maximum Gasteiger partial charge on any atom is 0.226 e. The molecule has 0 radical (unpaired) electrons. The quantitative estimate of drug-likeness (QED) is 0.600. The highest BCUT2D eigenvalue weighted by Gasteiger charge is 2.12. The van der Waals surface area contributed by atoms with Crippen LogP contribution in [-0.4, -0.2) is 44.4 Å². The Labute approximate surface area is 125 Å². The van der Waals surface area contributed by atoms with E-state index in [0.717, 1.165) is 0 Å². The van der Waals surface area contributed by atoms with Gasteiger partial charge in [-0.25, -0.2) is 0 Å². The van der Waals surface area contributed by atoms with E-state index in [1.165, 1.54) is 0 Å². The molecule has 0 aliphatic heterocycles. The van der Waals surface area contributed by atoms with Gasteiger partial charge in [0, 0.05) is 25.1 Å². The average molecular weight is 296 g/mol. The number of carbonyl (C=O) groups excluding carboxylic acids is 1. The first-order valence-electron chi connectivity index (χ1n) is 6.96. The fourth-order valence-corrected chi connectivity index (χ4v) is 1.88. The summed E-state index contributed by atoms with van der Waals surface area (Å²) in [6, 6.07) is 5.28. The van der Waals surface area contributed by atoms with Crippen molar-refractivity contribution in [3.63, 3.8) is 0 Å². The molecule has 1 aromatic rings. The monoisotopic (exact) mass is 296 g/mol. The molecular formula is C15H24N2O4. The van der Waals surface area contributed by atoms with Gasteiger partial charge < -0.3 is 25.2 Å². The third kappa shape index (κ3) is 6.01. The van der Waals surface area contributed by atoms with Crippen LogP contribution >= 0.6 is 0 Å². The second-order valence-electron chi connectivity index (χ2n) is 4.75. The van der Waals surface area contributed by atoms with Crippen molar-refractivity contribution < 1.29 is 19.4 Å². The molecule has 1 unspecified atom stereocenters. The Kier molecular flexibility index (Phi) is 7.56. The fourth-order valence-electron chi connectivity index (χ4n) is 1.88. The van der Waals surface area contributed by atoms with E-state index >= 15 is 0 Å². The Morgan fingerprint density at radius 2 is 2.10 bits per heavy atom. The predicted octanol–water partition coefficient (Wildman–Crippen LogP) is 1.39. The summed E-state index contributed by atoms with van der Waals surface area (Å²) in [5.74, 6) is 1.13. The van der Waals surface area contributed by atoms with Gasteiger partial charge in [-0.05, 0) is 32.0 Å². The molecular weight excluding hydrogens is 272 g/mol. The van der Waals surface area contributed by atoms with Gasteiger partial charge >= 0.3 is 0 Å². The molecule has 1 rings (SSSR count). The van der Waals surface area contributed by atoms with Crippen LogP contribution in [0.2, 0.25) is 0 Å². The molecule has 0 heterocycles. The number of anilines is 1. The minimum atomic E-state index is -0.0949. The molecule has 21 heavy (non-hydrogen) atoms. The van der Waals surface area contributed by atoms with Crippen LogP contribution in [0.4, 0.5) is 5.69 Å². The number of carbonyl (C=O) groups is 1. The smallest absolute Gasteiger partial charge is 0.226 e. The minimum Gasteiger partial charge on any atom is -0.497 e. The van der Waals surface area contributed by atoms with Crippen molar-refractivity contribution in [2.45, 2.75) is 25.8 Å². The standard InChI is InChI=1S/C15H24N2O4/c1-11(16-7-4-8-18)9-15(19)17-13-6-5-12(20-2)10-14(13)21-3/h5-6,10-11,16,18H,4,7-9H2,1-3H3,(H,17,19). The molecule has 0 aromatic heterocycles. The lowest BCUT2D eigenvalue weighted by Gasteiger charge is -2.15. The molecule has 0 bridgehead atoms. The Balaban J connectivity index is 2.54. The van der Waals surface area contributed by atoms with Crippen molar-refractivity contribution in [2.24, 2.45) is 0 Å². The summed E-state index contributed by atoms with van der Waals surface area (Å²) in [7, 11) is 3.12. The molecule has 0 fully saturated rings. The number of aliphatic hydroxyl groups excluding tert-OH is 1. The Hall–Kier alpha value is -1.79. The number of ether oxygens (including phenoxy) is 2. The van der Waals surface area contributed by atoms with Crippen LogP contribution < -0.4 is 20.1 Å². The summed E-state index contributed by atoms with van der Waals surface area (Å²) >= 11 is 0. The number of hydrogen-bond donors (Lipinski definition) is 3. The summed E-state index contributed by atoms with van der Waals surface area (Å²) in [4.78, 5) is 12.0. The van der Waals surface area contributed by atoms with Crippen LogP contribution in [-0.2, 0) is 4.79 Å². The summed E-state index contributed by atoms with van der Waals surface area (Å²) in [5, 5.41) is 14.7. The number of nitrogens with one attached hydrogen (secondary N) is 2. The van der Waals surface area contributed by atoms with Gasteiger partial charge in [0.2, 0.25) is 5.91 Å². The highest BCUT2D eigenvalue weighted by Crippen LogP contribution is 2.29. The normalized spacial score (nSPS) is 11.8. The van der Waals surface area contributed by atoms with Crippen LogP contribution in [0, 0.1) is 0 Å². The van der Waals surface area contributed by atoms with Crippen molar-refractivity contribution in [3.05, 3.63) is 18.2 Å². The highest BCUT2D eigenvalue weighted by molar-refractivity contribution is 5.92. The van der Waals surface area contributed by atoms with E-state index in [1.54, 1.807) is 32.4 Å². The van der Waals surface area contributed by atoms with E-state index in [-0.39, 0.29) is 18.6 Å². The number of amides is 1. The Bertz CT molecular complexity index is 451.